The molecule has 0 aromatic heterocycles. The van der Waals surface area contributed by atoms with E-state index < -0.39 is 0 Å². The van der Waals surface area contributed by atoms with Crippen molar-refractivity contribution in [3.05, 3.63) is 65.2 Å². The molecule has 1 heterocycles. The summed E-state index contributed by atoms with van der Waals surface area (Å²) < 4.78 is 10.5. The molecule has 176 valence electrons. The van der Waals surface area contributed by atoms with Crippen molar-refractivity contribution < 1.29 is 19.1 Å². The fourth-order valence-electron chi connectivity index (χ4n) is 3.72. The molecule has 0 saturated heterocycles. The SMILES string of the molecule is CCNC(=O)N(CCOC)CC(=O)N1N=C(c2cccc(OC)c2)C[C@H]1c1ccc(C)cc1. The highest BCUT2D eigenvalue weighted by Crippen LogP contribution is 2.33. The van der Waals surface area contributed by atoms with Gasteiger partial charge in [-0.05, 0) is 31.5 Å². The van der Waals surface area contributed by atoms with Crippen LogP contribution in [0.2, 0.25) is 0 Å². The van der Waals surface area contributed by atoms with Gasteiger partial charge >= 0.3 is 6.03 Å². The van der Waals surface area contributed by atoms with Gasteiger partial charge in [-0.25, -0.2) is 9.80 Å². The molecule has 0 aliphatic carbocycles. The lowest BCUT2D eigenvalue weighted by Gasteiger charge is -2.27. The van der Waals surface area contributed by atoms with Gasteiger partial charge in [0.2, 0.25) is 0 Å². The van der Waals surface area contributed by atoms with E-state index in [4.69, 9.17) is 14.6 Å². The number of rotatable bonds is 9. The smallest absolute Gasteiger partial charge is 0.317 e. The highest BCUT2D eigenvalue weighted by molar-refractivity contribution is 6.03. The minimum atomic E-state index is -0.300. The van der Waals surface area contributed by atoms with Gasteiger partial charge in [-0.2, -0.15) is 5.10 Å². The van der Waals surface area contributed by atoms with Crippen molar-refractivity contribution in [2.75, 3.05) is 40.5 Å². The quantitative estimate of drug-likeness (QED) is 0.632. The van der Waals surface area contributed by atoms with E-state index in [1.165, 1.54) is 9.91 Å². The maximum absolute atomic E-state index is 13.4. The number of nitrogens with zero attached hydrogens (tertiary/aromatic N) is 3. The summed E-state index contributed by atoms with van der Waals surface area (Å²) in [6.45, 7) is 4.90. The van der Waals surface area contributed by atoms with Crippen LogP contribution in [0, 0.1) is 6.92 Å². The van der Waals surface area contributed by atoms with Crippen molar-refractivity contribution in [1.82, 2.24) is 15.2 Å². The lowest BCUT2D eigenvalue weighted by molar-refractivity contribution is -0.133. The number of urea groups is 1. The Balaban J connectivity index is 1.90. The average molecular weight is 453 g/mol. The number of amides is 3. The number of carbonyl (C=O) groups excluding carboxylic acids is 2. The first-order valence-corrected chi connectivity index (χ1v) is 11.1. The Bertz CT molecular complexity index is 990. The van der Waals surface area contributed by atoms with Crippen molar-refractivity contribution >= 4 is 17.6 Å². The third kappa shape index (κ3) is 6.10. The van der Waals surface area contributed by atoms with Crippen LogP contribution in [-0.2, 0) is 9.53 Å². The van der Waals surface area contributed by atoms with Gasteiger partial charge in [0.05, 0.1) is 25.5 Å². The fourth-order valence-corrected chi connectivity index (χ4v) is 3.72. The van der Waals surface area contributed by atoms with Crippen LogP contribution >= 0.6 is 0 Å². The predicted molar refractivity (Wildman–Crippen MR) is 127 cm³/mol. The van der Waals surface area contributed by atoms with Crippen molar-refractivity contribution in [3.8, 4) is 5.75 Å². The van der Waals surface area contributed by atoms with Gasteiger partial charge < -0.3 is 19.7 Å². The van der Waals surface area contributed by atoms with Gasteiger partial charge in [-0.1, -0.05) is 42.0 Å². The third-order valence-electron chi connectivity index (χ3n) is 5.54. The molecule has 0 radical (unpaired) electrons. The van der Waals surface area contributed by atoms with E-state index in [0.717, 1.165) is 28.2 Å². The van der Waals surface area contributed by atoms with E-state index in [1.807, 2.05) is 62.4 Å². The van der Waals surface area contributed by atoms with Crippen LogP contribution in [-0.4, -0.2) is 68.0 Å². The molecule has 0 saturated carbocycles. The summed E-state index contributed by atoms with van der Waals surface area (Å²) in [4.78, 5) is 27.4. The molecule has 8 nitrogen and oxygen atoms in total. The molecular formula is C25H32N4O4. The van der Waals surface area contributed by atoms with Gasteiger partial charge in [0.1, 0.15) is 12.3 Å². The molecule has 8 heteroatoms. The Kier molecular flexibility index (Phi) is 8.43. The Morgan fingerprint density at radius 1 is 1.18 bits per heavy atom. The first-order valence-electron chi connectivity index (χ1n) is 11.1. The van der Waals surface area contributed by atoms with Crippen molar-refractivity contribution in [2.24, 2.45) is 5.10 Å². The predicted octanol–water partition coefficient (Wildman–Crippen LogP) is 3.36. The summed E-state index contributed by atoms with van der Waals surface area (Å²) in [5.74, 6) is 0.481. The summed E-state index contributed by atoms with van der Waals surface area (Å²) in [7, 11) is 3.19. The van der Waals surface area contributed by atoms with E-state index in [9.17, 15) is 9.59 Å². The van der Waals surface area contributed by atoms with Crippen molar-refractivity contribution in [3.63, 3.8) is 0 Å². The minimum absolute atomic E-state index is 0.0908. The number of hydrogen-bond acceptors (Lipinski definition) is 5. The topological polar surface area (TPSA) is 83.5 Å². The molecule has 2 aromatic carbocycles. The summed E-state index contributed by atoms with van der Waals surface area (Å²) in [6, 6.07) is 15.2. The molecule has 1 aliphatic heterocycles. The maximum atomic E-state index is 13.4. The summed E-state index contributed by atoms with van der Waals surface area (Å²) >= 11 is 0. The molecule has 0 fully saturated rings. The van der Waals surface area contributed by atoms with Gasteiger partial charge in [0.25, 0.3) is 5.91 Å². The molecule has 1 atom stereocenters. The number of nitrogens with one attached hydrogen (secondary N) is 1. The number of carbonyl (C=O) groups is 2. The second-order valence-corrected chi connectivity index (χ2v) is 7.90. The summed E-state index contributed by atoms with van der Waals surface area (Å²) in [5, 5.41) is 8.98. The molecule has 0 unspecified atom stereocenters. The van der Waals surface area contributed by atoms with Gasteiger partial charge in [-0.3, -0.25) is 4.79 Å². The van der Waals surface area contributed by atoms with Gasteiger partial charge in [-0.15, -0.1) is 0 Å². The van der Waals surface area contributed by atoms with Crippen LogP contribution < -0.4 is 10.1 Å². The zero-order chi connectivity index (χ0) is 23.8. The summed E-state index contributed by atoms with van der Waals surface area (Å²) in [6.07, 6.45) is 0.571. The summed E-state index contributed by atoms with van der Waals surface area (Å²) in [5.41, 5.74) is 3.85. The second-order valence-electron chi connectivity index (χ2n) is 7.90. The fraction of sp³-hybridized carbons (Fsp3) is 0.400. The Morgan fingerprint density at radius 2 is 1.94 bits per heavy atom. The Hall–Kier alpha value is -3.39. The molecule has 3 rings (SSSR count). The molecule has 0 bridgehead atoms. The van der Waals surface area contributed by atoms with Crippen molar-refractivity contribution in [2.45, 2.75) is 26.3 Å². The standard InChI is InChI=1S/C25H32N4O4/c1-5-26-25(31)28(13-14-32-3)17-24(30)29-23(19-11-9-18(2)10-12-19)16-22(27-29)20-7-6-8-21(15-20)33-4/h6-12,15,23H,5,13-14,16-17H2,1-4H3,(H,26,31)/t23-/m0/s1. The highest BCUT2D eigenvalue weighted by Gasteiger charge is 2.34. The average Bonchev–Trinajstić information content (AvgIpc) is 3.28. The molecule has 1 N–H and O–H groups in total. The zero-order valence-corrected chi connectivity index (χ0v) is 19.7. The molecule has 1 aliphatic rings. The van der Waals surface area contributed by atoms with Crippen LogP contribution in [0.5, 0.6) is 5.75 Å². The molecular weight excluding hydrogens is 420 g/mol. The number of aryl methyl sites for hydroxylation is 1. The molecule has 0 spiro atoms. The van der Waals surface area contributed by atoms with Crippen LogP contribution in [0.1, 0.15) is 36.1 Å². The van der Waals surface area contributed by atoms with E-state index in [0.29, 0.717) is 26.1 Å². The van der Waals surface area contributed by atoms with Crippen molar-refractivity contribution in [1.29, 1.82) is 0 Å². The lowest BCUT2D eigenvalue weighted by Crippen LogP contribution is -2.47. The molecule has 33 heavy (non-hydrogen) atoms. The number of benzene rings is 2. The van der Waals surface area contributed by atoms with Crippen LogP contribution in [0.3, 0.4) is 0 Å². The Morgan fingerprint density at radius 3 is 2.61 bits per heavy atom. The van der Waals surface area contributed by atoms with Crippen LogP contribution in [0.15, 0.2) is 53.6 Å². The van der Waals surface area contributed by atoms with E-state index in [2.05, 4.69) is 5.32 Å². The first kappa shape index (κ1) is 24.3. The maximum Gasteiger partial charge on any atom is 0.317 e. The Labute approximate surface area is 195 Å². The monoisotopic (exact) mass is 452 g/mol. The lowest BCUT2D eigenvalue weighted by atomic mass is 9.97. The highest BCUT2D eigenvalue weighted by atomic mass is 16.5. The van der Waals surface area contributed by atoms with E-state index >= 15 is 0 Å². The molecule has 2 aromatic rings. The first-order chi connectivity index (χ1) is 16.0. The van der Waals surface area contributed by atoms with Gasteiger partial charge in [0.15, 0.2) is 0 Å². The number of hydrazone groups is 1. The van der Waals surface area contributed by atoms with Gasteiger partial charge in [0, 0.05) is 32.2 Å². The normalized spacial score (nSPS) is 15.2. The van der Waals surface area contributed by atoms with E-state index in [1.54, 1.807) is 14.2 Å². The number of methoxy groups -OCH3 is 2. The number of ether oxygens (including phenoxy) is 2. The zero-order valence-electron chi connectivity index (χ0n) is 19.7. The second kappa shape index (κ2) is 11.5. The van der Waals surface area contributed by atoms with Crippen LogP contribution in [0.4, 0.5) is 4.79 Å². The molecule has 3 amide bonds. The largest absolute Gasteiger partial charge is 0.497 e. The minimum Gasteiger partial charge on any atom is -0.497 e. The third-order valence-corrected chi connectivity index (χ3v) is 5.54. The van der Waals surface area contributed by atoms with Crippen LogP contribution in [0.25, 0.3) is 0 Å². The van der Waals surface area contributed by atoms with E-state index in [-0.39, 0.29) is 24.5 Å². The number of hydrogen-bond donors (Lipinski definition) is 1.